The quantitative estimate of drug-likeness (QED) is 0.157. The van der Waals surface area contributed by atoms with Gasteiger partial charge < -0.3 is 28.8 Å². The third-order valence-corrected chi connectivity index (χ3v) is 6.53. The smallest absolute Gasteiger partial charge is 0.429 e. The molecule has 2 rings (SSSR count). The molecule has 0 aromatic carbocycles. The minimum Gasteiger partial charge on any atom is -0.480 e. The molecule has 2 fully saturated rings. The monoisotopic (exact) mass is 738 g/mol. The van der Waals surface area contributed by atoms with E-state index in [0.717, 1.165) is 18.8 Å². The molecule has 2 unspecified atom stereocenters. The highest BCUT2D eigenvalue weighted by Crippen LogP contribution is 2.20. The first-order valence-electron chi connectivity index (χ1n) is 17.4. The molecule has 51 heavy (non-hydrogen) atoms. The first-order chi connectivity index (χ1) is 23.7. The standard InChI is InChI=1S/C11H20N2O4.C8H14N2O4.C7H16.C6H12N2O4.CH4/c1-4-16-10(14)12-8-6-7-9(3)13(12)11(15)17-5-2;1-2-14-8(13)10-5-3-4-6(9-10)7(11)12;1-4-5-6-7(2)3;1-3-11-5(9)7-8-6(10)12-4-2;/h9H,4-8H2,1-3H3;6,9H,2-5H2,1H3,(H,11,12);7H,4-6H2,1-3H3;3-4H2,1-2H3,(H,7,9)(H,8,10);1H4. The summed E-state index contributed by atoms with van der Waals surface area (Å²) in [5, 5.41) is 12.6. The summed E-state index contributed by atoms with van der Waals surface area (Å²) < 4.78 is 23.5. The minimum atomic E-state index is -0.945. The van der Waals surface area contributed by atoms with Crippen LogP contribution in [0.15, 0.2) is 0 Å². The first-order valence-corrected chi connectivity index (χ1v) is 17.4. The maximum absolute atomic E-state index is 11.8. The van der Waals surface area contributed by atoms with E-state index in [1.54, 1.807) is 34.6 Å². The van der Waals surface area contributed by atoms with E-state index in [1.807, 2.05) is 17.8 Å². The van der Waals surface area contributed by atoms with Crippen molar-refractivity contribution in [3.05, 3.63) is 0 Å². The third kappa shape index (κ3) is 24.6. The Labute approximate surface area is 304 Å². The van der Waals surface area contributed by atoms with Crippen molar-refractivity contribution in [2.24, 2.45) is 5.92 Å². The summed E-state index contributed by atoms with van der Waals surface area (Å²) in [6.45, 7) is 19.5. The predicted molar refractivity (Wildman–Crippen MR) is 190 cm³/mol. The van der Waals surface area contributed by atoms with Crippen molar-refractivity contribution in [3.63, 3.8) is 0 Å². The van der Waals surface area contributed by atoms with E-state index in [2.05, 4.69) is 35.7 Å². The number of hydrogen-bond acceptors (Lipinski definition) is 12. The van der Waals surface area contributed by atoms with Crippen LogP contribution in [0.4, 0.5) is 24.0 Å². The summed E-state index contributed by atoms with van der Waals surface area (Å²) in [7, 11) is 0. The van der Waals surface area contributed by atoms with Gasteiger partial charge in [0.25, 0.3) is 0 Å². The molecular weight excluding hydrogens is 672 g/mol. The number of hydrogen-bond donors (Lipinski definition) is 4. The maximum atomic E-state index is 11.8. The molecule has 0 saturated carbocycles. The van der Waals surface area contributed by atoms with Crippen LogP contribution >= 0.6 is 0 Å². The third-order valence-electron chi connectivity index (χ3n) is 6.53. The molecule has 2 atom stereocenters. The van der Waals surface area contributed by atoms with Gasteiger partial charge in [0.15, 0.2) is 0 Å². The van der Waals surface area contributed by atoms with Crippen LogP contribution in [-0.2, 0) is 28.5 Å². The van der Waals surface area contributed by atoms with Crippen LogP contribution in [0.3, 0.4) is 0 Å². The molecule has 0 aromatic rings. The van der Waals surface area contributed by atoms with Crippen molar-refractivity contribution in [2.45, 2.75) is 127 Å². The summed E-state index contributed by atoms with van der Waals surface area (Å²) in [6, 6.07) is -0.736. The summed E-state index contributed by atoms with van der Waals surface area (Å²) in [5.41, 5.74) is 6.56. The van der Waals surface area contributed by atoms with E-state index in [4.69, 9.17) is 19.3 Å². The van der Waals surface area contributed by atoms with E-state index in [-0.39, 0.29) is 33.3 Å². The van der Waals surface area contributed by atoms with Gasteiger partial charge in [0, 0.05) is 13.1 Å². The molecule has 0 bridgehead atoms. The van der Waals surface area contributed by atoms with Gasteiger partial charge in [-0.15, -0.1) is 0 Å². The van der Waals surface area contributed by atoms with Gasteiger partial charge in [-0.05, 0) is 73.1 Å². The molecule has 2 aliphatic rings. The fourth-order valence-electron chi connectivity index (χ4n) is 4.19. The molecule has 2 saturated heterocycles. The van der Waals surface area contributed by atoms with Crippen LogP contribution in [0.5, 0.6) is 0 Å². The molecular formula is C33H66N6O12. The van der Waals surface area contributed by atoms with Gasteiger partial charge in [0.1, 0.15) is 6.04 Å². The molecule has 18 heteroatoms. The number of unbranched alkanes of at least 4 members (excludes halogenated alkanes) is 1. The molecule has 18 nitrogen and oxygen atoms in total. The largest absolute Gasteiger partial charge is 0.480 e. The molecule has 4 N–H and O–H groups in total. The van der Waals surface area contributed by atoms with Crippen LogP contribution in [0, 0.1) is 5.92 Å². The number of nitrogens with zero attached hydrogens (tertiary/aromatic N) is 3. The lowest BCUT2D eigenvalue weighted by Crippen LogP contribution is -2.57. The van der Waals surface area contributed by atoms with Gasteiger partial charge in [-0.1, -0.05) is 47.5 Å². The Kier molecular flexibility index (Phi) is 31.8. The topological polar surface area (TPSA) is 215 Å². The van der Waals surface area contributed by atoms with Crippen molar-refractivity contribution in [1.29, 1.82) is 0 Å². The van der Waals surface area contributed by atoms with Gasteiger partial charge in [-0.3, -0.25) is 4.79 Å². The second kappa shape index (κ2) is 31.7. The Bertz CT molecular complexity index is 970. The average Bonchev–Trinajstić information content (AvgIpc) is 3.07. The second-order valence-corrected chi connectivity index (χ2v) is 11.1. The Morgan fingerprint density at radius 3 is 1.63 bits per heavy atom. The fourth-order valence-corrected chi connectivity index (χ4v) is 4.19. The Balaban J connectivity index is -0.000000622. The average molecular weight is 739 g/mol. The molecule has 2 aliphatic heterocycles. The van der Waals surface area contributed by atoms with E-state index in [1.165, 1.54) is 34.3 Å². The Morgan fingerprint density at radius 1 is 0.725 bits per heavy atom. The number of hydrazine groups is 3. The van der Waals surface area contributed by atoms with Crippen LogP contribution in [-0.4, -0.2) is 115 Å². The normalized spacial score (nSPS) is 16.1. The molecule has 0 spiro atoms. The van der Waals surface area contributed by atoms with E-state index in [0.29, 0.717) is 39.1 Å². The highest BCUT2D eigenvalue weighted by atomic mass is 16.6. The lowest BCUT2D eigenvalue weighted by Gasteiger charge is -2.40. The maximum Gasteiger partial charge on any atom is 0.429 e. The predicted octanol–water partition coefficient (Wildman–Crippen LogP) is 6.06. The van der Waals surface area contributed by atoms with Crippen molar-refractivity contribution in [2.75, 3.05) is 46.1 Å². The number of carboxylic acid groups (broad SMARTS) is 1. The lowest BCUT2D eigenvalue weighted by molar-refractivity contribution is -0.142. The summed E-state index contributed by atoms with van der Waals surface area (Å²) in [5.74, 6) is -0.0426. The lowest BCUT2D eigenvalue weighted by atomic mass is 10.1. The number of aliphatic carboxylic acids is 1. The highest BCUT2D eigenvalue weighted by molar-refractivity contribution is 5.75. The number of amides is 5. The van der Waals surface area contributed by atoms with Crippen molar-refractivity contribution < 1.29 is 57.6 Å². The fraction of sp³-hybridized carbons (Fsp3) is 0.818. The van der Waals surface area contributed by atoms with Gasteiger partial charge in [-0.25, -0.2) is 55.3 Å². The highest BCUT2D eigenvalue weighted by Gasteiger charge is 2.35. The van der Waals surface area contributed by atoms with Crippen molar-refractivity contribution >= 4 is 36.4 Å². The van der Waals surface area contributed by atoms with Crippen LogP contribution in [0.2, 0.25) is 0 Å². The Hall–Kier alpha value is -4.22. The van der Waals surface area contributed by atoms with E-state index < -0.39 is 42.5 Å². The molecule has 5 amide bonds. The van der Waals surface area contributed by atoms with E-state index >= 15 is 0 Å². The molecule has 0 aromatic heterocycles. The summed E-state index contributed by atoms with van der Waals surface area (Å²) in [6.07, 6.45) is 4.12. The molecule has 300 valence electrons. The Morgan fingerprint density at radius 2 is 1.20 bits per heavy atom. The molecule has 0 aliphatic carbocycles. The summed E-state index contributed by atoms with van der Waals surface area (Å²) >= 11 is 0. The van der Waals surface area contributed by atoms with Crippen molar-refractivity contribution in [3.8, 4) is 0 Å². The van der Waals surface area contributed by atoms with Gasteiger partial charge in [0.2, 0.25) is 0 Å². The number of carboxylic acids is 1. The van der Waals surface area contributed by atoms with Gasteiger partial charge >= 0.3 is 36.4 Å². The SMILES string of the molecule is C.CCCCC(C)C.CCOC(=O)N1CCCC(C(=O)O)N1.CCOC(=O)N1CCCC(C)N1C(=O)OCC.CCOC(=O)NNC(=O)OCC. The molecule has 0 radical (unpaired) electrons. The first kappa shape index (κ1) is 51.2. The van der Waals surface area contributed by atoms with Crippen LogP contribution in [0.1, 0.15) is 115 Å². The van der Waals surface area contributed by atoms with Crippen LogP contribution in [0.25, 0.3) is 0 Å². The zero-order chi connectivity index (χ0) is 38.5. The number of ether oxygens (including phenoxy) is 5. The zero-order valence-corrected chi connectivity index (χ0v) is 31.4. The van der Waals surface area contributed by atoms with Crippen molar-refractivity contribution in [1.82, 2.24) is 31.3 Å². The van der Waals surface area contributed by atoms with E-state index in [9.17, 15) is 28.8 Å². The minimum absolute atomic E-state index is 0. The number of carbonyl (C=O) groups is 6. The van der Waals surface area contributed by atoms with Gasteiger partial charge in [-0.2, -0.15) is 0 Å². The number of nitrogens with one attached hydrogen (secondary N) is 3. The molecule has 2 heterocycles. The number of carbonyl (C=O) groups excluding carboxylic acids is 5. The van der Waals surface area contributed by atoms with Crippen LogP contribution < -0.4 is 16.3 Å². The summed E-state index contributed by atoms with van der Waals surface area (Å²) in [4.78, 5) is 66.4. The zero-order valence-electron chi connectivity index (χ0n) is 31.4. The second-order valence-electron chi connectivity index (χ2n) is 11.1. The number of rotatable bonds is 9. The van der Waals surface area contributed by atoms with Gasteiger partial charge in [0.05, 0.1) is 39.1 Å².